The molecule has 1 aliphatic rings. The van der Waals surface area contributed by atoms with Gasteiger partial charge in [0.1, 0.15) is 5.70 Å². The largest absolute Gasteiger partial charge is 0.337 e. The van der Waals surface area contributed by atoms with E-state index in [0.29, 0.717) is 5.56 Å². The van der Waals surface area contributed by atoms with Gasteiger partial charge < -0.3 is 10.2 Å². The van der Waals surface area contributed by atoms with Crippen molar-refractivity contribution in [3.05, 3.63) is 70.1 Å². The second-order valence-electron chi connectivity index (χ2n) is 6.16. The number of rotatable bonds is 4. The molecule has 26 heavy (non-hydrogen) atoms. The van der Waals surface area contributed by atoms with E-state index >= 15 is 0 Å². The third-order valence-corrected chi connectivity index (χ3v) is 4.70. The minimum atomic E-state index is -0.313. The second-order valence-corrected chi connectivity index (χ2v) is 7.08. The second kappa shape index (κ2) is 8.76. The van der Waals surface area contributed by atoms with Gasteiger partial charge in [0.05, 0.1) is 0 Å². The van der Waals surface area contributed by atoms with Crippen molar-refractivity contribution in [1.29, 1.82) is 0 Å². The van der Waals surface area contributed by atoms with Crippen LogP contribution in [0.25, 0.3) is 6.08 Å². The number of carbonyl (C=O) groups is 2. The lowest BCUT2D eigenvalue weighted by molar-refractivity contribution is -0.128. The molecule has 6 heteroatoms. The lowest BCUT2D eigenvalue weighted by atomic mass is 10.1. The minimum absolute atomic E-state index is 0.156. The van der Waals surface area contributed by atoms with E-state index in [1.165, 1.54) is 0 Å². The molecule has 3 rings (SSSR count). The summed E-state index contributed by atoms with van der Waals surface area (Å²) >= 11 is 3.36. The Kier molecular flexibility index (Phi) is 6.17. The average molecular weight is 414 g/mol. The molecular formula is C20H20BrN3O2. The predicted molar refractivity (Wildman–Crippen MR) is 104 cm³/mol. The van der Waals surface area contributed by atoms with Gasteiger partial charge in [-0.3, -0.25) is 14.6 Å². The van der Waals surface area contributed by atoms with Crippen molar-refractivity contribution >= 4 is 33.8 Å². The molecule has 1 saturated heterocycles. The van der Waals surface area contributed by atoms with Crippen LogP contribution in [-0.2, 0) is 4.79 Å². The Balaban J connectivity index is 1.86. The molecule has 0 aliphatic carbocycles. The van der Waals surface area contributed by atoms with Crippen molar-refractivity contribution in [2.45, 2.75) is 19.3 Å². The van der Waals surface area contributed by atoms with Gasteiger partial charge in [0, 0.05) is 35.5 Å². The van der Waals surface area contributed by atoms with Crippen molar-refractivity contribution in [2.75, 3.05) is 13.1 Å². The number of halogens is 1. The zero-order valence-electron chi connectivity index (χ0n) is 14.3. The van der Waals surface area contributed by atoms with Gasteiger partial charge in [-0.2, -0.15) is 0 Å². The fourth-order valence-corrected chi connectivity index (χ4v) is 3.27. The first-order valence-corrected chi connectivity index (χ1v) is 9.41. The summed E-state index contributed by atoms with van der Waals surface area (Å²) in [7, 11) is 0. The number of pyridine rings is 1. The molecule has 134 valence electrons. The SMILES string of the molecule is O=C(NC(=Cc1cccnc1)C(=O)N1CCCCC1)c1cccc(Br)c1. The molecule has 1 aromatic heterocycles. The summed E-state index contributed by atoms with van der Waals surface area (Å²) in [4.78, 5) is 31.4. The van der Waals surface area contributed by atoms with Crippen LogP contribution in [-0.4, -0.2) is 34.8 Å². The van der Waals surface area contributed by atoms with Gasteiger partial charge in [0.15, 0.2) is 0 Å². The molecule has 1 aliphatic heterocycles. The topological polar surface area (TPSA) is 62.3 Å². The van der Waals surface area contributed by atoms with Crippen LogP contribution >= 0.6 is 15.9 Å². The number of carbonyl (C=O) groups excluding carboxylic acids is 2. The van der Waals surface area contributed by atoms with Crippen molar-refractivity contribution < 1.29 is 9.59 Å². The minimum Gasteiger partial charge on any atom is -0.337 e. The molecule has 1 aromatic carbocycles. The van der Waals surface area contributed by atoms with E-state index < -0.39 is 0 Å². The summed E-state index contributed by atoms with van der Waals surface area (Å²) in [5.41, 5.74) is 1.52. The van der Waals surface area contributed by atoms with Gasteiger partial charge in [0.25, 0.3) is 11.8 Å². The van der Waals surface area contributed by atoms with Crippen molar-refractivity contribution in [3.8, 4) is 0 Å². The number of hydrogen-bond acceptors (Lipinski definition) is 3. The van der Waals surface area contributed by atoms with E-state index in [0.717, 1.165) is 42.4 Å². The molecule has 0 spiro atoms. The van der Waals surface area contributed by atoms with Gasteiger partial charge in [-0.25, -0.2) is 0 Å². The fraction of sp³-hybridized carbons (Fsp3) is 0.250. The summed E-state index contributed by atoms with van der Waals surface area (Å²) < 4.78 is 0.810. The molecule has 1 fully saturated rings. The summed E-state index contributed by atoms with van der Waals surface area (Å²) in [6.07, 6.45) is 8.13. The summed E-state index contributed by atoms with van der Waals surface area (Å²) in [5, 5.41) is 2.79. The number of nitrogens with zero attached hydrogens (tertiary/aromatic N) is 2. The highest BCUT2D eigenvalue weighted by Gasteiger charge is 2.22. The molecular weight excluding hydrogens is 394 g/mol. The van der Waals surface area contributed by atoms with E-state index in [-0.39, 0.29) is 17.5 Å². The highest BCUT2D eigenvalue weighted by molar-refractivity contribution is 9.10. The molecule has 2 amide bonds. The lowest BCUT2D eigenvalue weighted by Gasteiger charge is -2.27. The van der Waals surface area contributed by atoms with Crippen molar-refractivity contribution in [2.24, 2.45) is 0 Å². The highest BCUT2D eigenvalue weighted by Crippen LogP contribution is 2.15. The normalized spacial score (nSPS) is 14.8. The number of benzene rings is 1. The summed E-state index contributed by atoms with van der Waals surface area (Å²) in [6, 6.07) is 10.7. The Labute approximate surface area is 161 Å². The fourth-order valence-electron chi connectivity index (χ4n) is 2.87. The van der Waals surface area contributed by atoms with Gasteiger partial charge in [-0.1, -0.05) is 28.1 Å². The van der Waals surface area contributed by atoms with Crippen LogP contribution in [0, 0.1) is 0 Å². The van der Waals surface area contributed by atoms with Gasteiger partial charge in [-0.15, -0.1) is 0 Å². The smallest absolute Gasteiger partial charge is 0.270 e. The summed E-state index contributed by atoms with van der Waals surface area (Å²) in [5.74, 6) is -0.469. The Morgan fingerprint density at radius 2 is 1.92 bits per heavy atom. The van der Waals surface area contributed by atoms with E-state index in [1.54, 1.807) is 47.6 Å². The first-order chi connectivity index (χ1) is 12.6. The maximum atomic E-state index is 12.9. The Morgan fingerprint density at radius 1 is 1.12 bits per heavy atom. The zero-order valence-corrected chi connectivity index (χ0v) is 15.9. The van der Waals surface area contributed by atoms with Crippen LogP contribution in [0.5, 0.6) is 0 Å². The van der Waals surface area contributed by atoms with Gasteiger partial charge >= 0.3 is 0 Å². The Morgan fingerprint density at radius 3 is 2.62 bits per heavy atom. The van der Waals surface area contributed by atoms with Gasteiger partial charge in [0.2, 0.25) is 0 Å². The quantitative estimate of drug-likeness (QED) is 0.778. The molecule has 1 N–H and O–H groups in total. The van der Waals surface area contributed by atoms with Crippen molar-refractivity contribution in [3.63, 3.8) is 0 Å². The molecule has 2 aromatic rings. The van der Waals surface area contributed by atoms with E-state index in [1.807, 2.05) is 12.1 Å². The number of amides is 2. The van der Waals surface area contributed by atoms with Crippen LogP contribution < -0.4 is 5.32 Å². The Hall–Kier alpha value is -2.47. The molecule has 2 heterocycles. The van der Waals surface area contributed by atoms with Crippen LogP contribution in [0.15, 0.2) is 59.0 Å². The molecule has 0 atom stereocenters. The molecule has 5 nitrogen and oxygen atoms in total. The maximum Gasteiger partial charge on any atom is 0.270 e. The standard InChI is InChI=1S/C20H20BrN3O2/c21-17-8-4-7-16(13-17)19(25)23-18(12-15-6-5-9-22-14-15)20(26)24-10-2-1-3-11-24/h4-9,12-14H,1-3,10-11H2,(H,23,25). The summed E-state index contributed by atoms with van der Waals surface area (Å²) in [6.45, 7) is 1.44. The maximum absolute atomic E-state index is 12.9. The predicted octanol–water partition coefficient (Wildman–Crippen LogP) is 3.63. The first kappa shape index (κ1) is 18.3. The third kappa shape index (κ3) is 4.79. The van der Waals surface area contributed by atoms with Crippen LogP contribution in [0.2, 0.25) is 0 Å². The Bertz CT molecular complexity index is 815. The van der Waals surface area contributed by atoms with Crippen LogP contribution in [0.1, 0.15) is 35.2 Å². The third-order valence-electron chi connectivity index (χ3n) is 4.20. The van der Waals surface area contributed by atoms with Crippen LogP contribution in [0.3, 0.4) is 0 Å². The first-order valence-electron chi connectivity index (χ1n) is 8.61. The number of aromatic nitrogens is 1. The highest BCUT2D eigenvalue weighted by atomic mass is 79.9. The average Bonchev–Trinajstić information content (AvgIpc) is 2.68. The molecule has 0 saturated carbocycles. The van der Waals surface area contributed by atoms with Crippen LogP contribution in [0.4, 0.5) is 0 Å². The number of piperidine rings is 1. The number of nitrogens with one attached hydrogen (secondary N) is 1. The van der Waals surface area contributed by atoms with Crippen molar-refractivity contribution in [1.82, 2.24) is 15.2 Å². The molecule has 0 unspecified atom stereocenters. The lowest BCUT2D eigenvalue weighted by Crippen LogP contribution is -2.41. The molecule has 0 bridgehead atoms. The van der Waals surface area contributed by atoms with E-state index in [9.17, 15) is 9.59 Å². The number of likely N-dealkylation sites (tertiary alicyclic amines) is 1. The molecule has 0 radical (unpaired) electrons. The van der Waals surface area contributed by atoms with E-state index in [4.69, 9.17) is 0 Å². The number of hydrogen-bond donors (Lipinski definition) is 1. The monoisotopic (exact) mass is 413 g/mol. The van der Waals surface area contributed by atoms with Gasteiger partial charge in [-0.05, 0) is 55.2 Å². The zero-order chi connectivity index (χ0) is 18.4. The van der Waals surface area contributed by atoms with E-state index in [2.05, 4.69) is 26.2 Å².